The van der Waals surface area contributed by atoms with E-state index in [-0.39, 0.29) is 11.3 Å². The first-order valence-electron chi connectivity index (χ1n) is 13.0. The van der Waals surface area contributed by atoms with Crippen LogP contribution in [0.5, 0.6) is 11.5 Å². The lowest BCUT2D eigenvalue weighted by molar-refractivity contribution is 0.261. The molecular weight excluding hydrogens is 439 g/mol. The molecule has 188 valence electrons. The Morgan fingerprint density at radius 3 is 1.94 bits per heavy atom. The number of aryl methyl sites for hydroxylation is 1. The first-order valence-corrected chi connectivity index (χ1v) is 14.1. The van der Waals surface area contributed by atoms with Crippen LogP contribution in [0.15, 0.2) is 24.3 Å². The second-order valence-electron chi connectivity index (χ2n) is 11.8. The monoisotopic (exact) mass is 484 g/mol. The second-order valence-corrected chi connectivity index (χ2v) is 12.9. The van der Waals surface area contributed by atoms with E-state index in [1.807, 2.05) is 0 Å². The highest BCUT2D eigenvalue weighted by molar-refractivity contribution is 7.42. The molecule has 2 aromatic rings. The van der Waals surface area contributed by atoms with Gasteiger partial charge in [0, 0.05) is 22.6 Å². The van der Waals surface area contributed by atoms with Crippen molar-refractivity contribution in [1.29, 1.82) is 0 Å². The molecule has 0 amide bonds. The lowest BCUT2D eigenvalue weighted by Crippen LogP contribution is -2.18. The average Bonchev–Trinajstić information content (AvgIpc) is 2.71. The molecule has 3 nitrogen and oxygen atoms in total. The molecule has 0 fully saturated rings. The maximum Gasteiger partial charge on any atom is 0.463 e. The summed E-state index contributed by atoms with van der Waals surface area (Å²) in [6.07, 6.45) is 3.04. The number of hydrogen-bond acceptors (Lipinski definition) is 3. The Bertz CT molecular complexity index is 988. The molecule has 0 radical (unpaired) electrons. The van der Waals surface area contributed by atoms with Crippen molar-refractivity contribution in [2.24, 2.45) is 11.8 Å². The predicted molar refractivity (Wildman–Crippen MR) is 145 cm³/mol. The normalized spacial score (nSPS) is 18.1. The summed E-state index contributed by atoms with van der Waals surface area (Å²) < 4.78 is 19.3. The molecule has 1 heterocycles. The van der Waals surface area contributed by atoms with E-state index in [9.17, 15) is 0 Å². The summed E-state index contributed by atoms with van der Waals surface area (Å²) in [5.74, 6) is 3.24. The highest BCUT2D eigenvalue weighted by Gasteiger charge is 2.33. The average molecular weight is 485 g/mol. The van der Waals surface area contributed by atoms with E-state index in [2.05, 4.69) is 93.5 Å². The maximum atomic E-state index is 6.65. The molecule has 1 aliphatic rings. The topological polar surface area (TPSA) is 27.7 Å². The van der Waals surface area contributed by atoms with E-state index in [0.717, 1.165) is 36.3 Å². The van der Waals surface area contributed by atoms with Gasteiger partial charge in [-0.3, -0.25) is 4.52 Å². The molecule has 2 unspecified atom stereocenters. The molecule has 0 N–H and O–H groups in total. The van der Waals surface area contributed by atoms with Gasteiger partial charge in [-0.05, 0) is 60.1 Å². The molecule has 2 atom stereocenters. The molecule has 4 heteroatoms. The lowest BCUT2D eigenvalue weighted by Gasteiger charge is -2.33. The van der Waals surface area contributed by atoms with Gasteiger partial charge in [-0.2, -0.15) is 0 Å². The van der Waals surface area contributed by atoms with Crippen LogP contribution >= 0.6 is 8.60 Å². The summed E-state index contributed by atoms with van der Waals surface area (Å²) in [6.45, 7) is 23.1. The van der Waals surface area contributed by atoms with Gasteiger partial charge in [-0.15, -0.1) is 0 Å². The van der Waals surface area contributed by atoms with Crippen LogP contribution in [0.3, 0.4) is 0 Å². The van der Waals surface area contributed by atoms with E-state index in [1.54, 1.807) is 0 Å². The Morgan fingerprint density at radius 1 is 0.882 bits per heavy atom. The van der Waals surface area contributed by atoms with E-state index in [0.29, 0.717) is 18.4 Å². The summed E-state index contributed by atoms with van der Waals surface area (Å²) >= 11 is 0. The summed E-state index contributed by atoms with van der Waals surface area (Å²) in [7, 11) is -1.55. The number of fused-ring (bicyclic) bond motifs is 2. The van der Waals surface area contributed by atoms with E-state index >= 15 is 0 Å². The lowest BCUT2D eigenvalue weighted by atomic mass is 9.79. The van der Waals surface area contributed by atoms with Crippen molar-refractivity contribution in [3.05, 3.63) is 57.6 Å². The second kappa shape index (κ2) is 11.0. The van der Waals surface area contributed by atoms with Crippen molar-refractivity contribution in [2.75, 3.05) is 6.61 Å². The van der Waals surface area contributed by atoms with Crippen LogP contribution in [0, 0.1) is 18.8 Å². The smallest absolute Gasteiger partial charge is 0.417 e. The van der Waals surface area contributed by atoms with Gasteiger partial charge in [0.1, 0.15) is 11.5 Å². The quantitative estimate of drug-likeness (QED) is 0.367. The molecule has 0 saturated heterocycles. The van der Waals surface area contributed by atoms with Crippen molar-refractivity contribution in [1.82, 2.24) is 0 Å². The number of rotatable bonds is 7. The van der Waals surface area contributed by atoms with Crippen molar-refractivity contribution in [3.8, 4) is 11.5 Å². The van der Waals surface area contributed by atoms with Crippen LogP contribution in [0.1, 0.15) is 108 Å². The zero-order chi connectivity index (χ0) is 25.2. The van der Waals surface area contributed by atoms with Gasteiger partial charge >= 0.3 is 8.60 Å². The third kappa shape index (κ3) is 6.35. The van der Waals surface area contributed by atoms with Gasteiger partial charge in [0.15, 0.2) is 0 Å². The minimum atomic E-state index is -1.55. The highest BCUT2D eigenvalue weighted by atomic mass is 31.2. The molecule has 34 heavy (non-hydrogen) atoms. The van der Waals surface area contributed by atoms with E-state index < -0.39 is 8.60 Å². The van der Waals surface area contributed by atoms with Crippen LogP contribution in [0.2, 0.25) is 0 Å². The van der Waals surface area contributed by atoms with Gasteiger partial charge < -0.3 is 9.05 Å². The van der Waals surface area contributed by atoms with Crippen LogP contribution < -0.4 is 9.05 Å². The predicted octanol–water partition coefficient (Wildman–Crippen LogP) is 9.27. The third-order valence-corrected chi connectivity index (χ3v) is 7.36. The standard InChI is InChI=1S/C30H45O3P/c1-11-12-31-34-32-28-21(6)15-23(13-19(2)3)16-25(28)22(7)26-17-24(14-20(4)5)18-27(29(26)33-34)30(8,9)10/h15-20,22H,11-14H2,1-10H3. The molecule has 1 aliphatic heterocycles. The minimum Gasteiger partial charge on any atom is -0.417 e. The number of hydrogen-bond donors (Lipinski definition) is 0. The Kier molecular flexibility index (Phi) is 8.75. The molecule has 3 rings (SSSR count). The van der Waals surface area contributed by atoms with Crippen molar-refractivity contribution >= 4 is 8.60 Å². The molecule has 0 spiro atoms. The molecular formula is C30H45O3P. The zero-order valence-corrected chi connectivity index (χ0v) is 23.9. The van der Waals surface area contributed by atoms with Gasteiger partial charge in [0.05, 0.1) is 6.61 Å². The van der Waals surface area contributed by atoms with Crippen LogP contribution in [0.4, 0.5) is 0 Å². The van der Waals surface area contributed by atoms with Gasteiger partial charge in [0.2, 0.25) is 0 Å². The van der Waals surface area contributed by atoms with Crippen molar-refractivity contribution < 1.29 is 13.6 Å². The fourth-order valence-electron chi connectivity index (χ4n) is 4.75. The molecule has 0 aromatic heterocycles. The first-order chi connectivity index (χ1) is 15.9. The van der Waals surface area contributed by atoms with E-state index in [1.165, 1.54) is 27.8 Å². The summed E-state index contributed by atoms with van der Waals surface area (Å²) in [5.41, 5.74) is 7.59. The SMILES string of the molecule is CCCOP1Oc2c(C)cc(CC(C)C)cc2C(C)c2cc(CC(C)C)cc(C(C)(C)C)c2O1. The Balaban J connectivity index is 2.27. The zero-order valence-electron chi connectivity index (χ0n) is 23.0. The Labute approximate surface area is 209 Å². The number of benzene rings is 2. The van der Waals surface area contributed by atoms with Crippen LogP contribution in [-0.4, -0.2) is 6.61 Å². The maximum absolute atomic E-state index is 6.65. The minimum absolute atomic E-state index is 0.0556. The highest BCUT2D eigenvalue weighted by Crippen LogP contribution is 2.53. The first kappa shape index (κ1) is 27.0. The van der Waals surface area contributed by atoms with Gasteiger partial charge in [-0.25, -0.2) is 0 Å². The molecule has 2 aromatic carbocycles. The van der Waals surface area contributed by atoms with Crippen molar-refractivity contribution in [2.45, 2.75) is 99.8 Å². The third-order valence-electron chi connectivity index (χ3n) is 6.30. The molecule has 0 bridgehead atoms. The molecule has 0 saturated carbocycles. The Hall–Kier alpha value is -1.57. The Morgan fingerprint density at radius 2 is 1.41 bits per heavy atom. The van der Waals surface area contributed by atoms with Gasteiger partial charge in [-0.1, -0.05) is 86.6 Å². The largest absolute Gasteiger partial charge is 0.463 e. The van der Waals surface area contributed by atoms with Crippen LogP contribution in [-0.2, 0) is 22.8 Å². The van der Waals surface area contributed by atoms with Gasteiger partial charge in [0.25, 0.3) is 0 Å². The summed E-state index contributed by atoms with van der Waals surface area (Å²) in [5, 5.41) is 0. The molecule has 0 aliphatic carbocycles. The van der Waals surface area contributed by atoms with Crippen molar-refractivity contribution in [3.63, 3.8) is 0 Å². The summed E-state index contributed by atoms with van der Waals surface area (Å²) in [6, 6.07) is 9.36. The van der Waals surface area contributed by atoms with Crippen LogP contribution in [0.25, 0.3) is 0 Å². The fourth-order valence-corrected chi connectivity index (χ4v) is 5.98. The van der Waals surface area contributed by atoms with E-state index in [4.69, 9.17) is 13.6 Å². The summed E-state index contributed by atoms with van der Waals surface area (Å²) in [4.78, 5) is 0. The fraction of sp³-hybridized carbons (Fsp3) is 0.600.